The van der Waals surface area contributed by atoms with Crippen LogP contribution < -0.4 is 10.2 Å². The zero-order valence-electron chi connectivity index (χ0n) is 11.3. The normalized spacial score (nSPS) is 23.0. The Morgan fingerprint density at radius 3 is 2.80 bits per heavy atom. The molecule has 0 radical (unpaired) electrons. The van der Waals surface area contributed by atoms with E-state index in [0.717, 1.165) is 16.5 Å². The molecule has 1 aliphatic heterocycles. The molecule has 0 aliphatic carbocycles. The first-order valence-electron chi connectivity index (χ1n) is 6.56. The summed E-state index contributed by atoms with van der Waals surface area (Å²) in [6.07, 6.45) is 3.44. The maximum absolute atomic E-state index is 12.4. The van der Waals surface area contributed by atoms with Crippen LogP contribution in [0.15, 0.2) is 36.7 Å². The molecule has 2 heterocycles. The number of piperazine rings is 1. The van der Waals surface area contributed by atoms with Gasteiger partial charge in [-0.2, -0.15) is 0 Å². The first kappa shape index (κ1) is 12.6. The topological polar surface area (TPSA) is 62.3 Å². The van der Waals surface area contributed by atoms with Crippen LogP contribution >= 0.6 is 0 Å². The molecule has 2 unspecified atom stereocenters. The van der Waals surface area contributed by atoms with Crippen molar-refractivity contribution in [2.45, 2.75) is 25.9 Å². The minimum absolute atomic E-state index is 0.103. The number of carbonyl (C=O) groups is 2. The summed E-state index contributed by atoms with van der Waals surface area (Å²) in [6, 6.07) is 6.55. The number of nitrogens with one attached hydrogen (secondary N) is 1. The van der Waals surface area contributed by atoms with Gasteiger partial charge in [0, 0.05) is 17.8 Å². The smallest absolute Gasteiger partial charge is 0.250 e. The molecule has 1 N–H and O–H groups in total. The van der Waals surface area contributed by atoms with Gasteiger partial charge in [0.2, 0.25) is 11.8 Å². The van der Waals surface area contributed by atoms with Crippen LogP contribution in [0, 0.1) is 0 Å². The molecule has 3 rings (SSSR count). The van der Waals surface area contributed by atoms with Gasteiger partial charge in [-0.25, -0.2) is 0 Å². The second kappa shape index (κ2) is 4.59. The van der Waals surface area contributed by atoms with Crippen molar-refractivity contribution < 1.29 is 9.59 Å². The highest BCUT2D eigenvalue weighted by Gasteiger charge is 2.37. The first-order chi connectivity index (χ1) is 9.59. The number of nitrogens with zero attached hydrogens (tertiary/aromatic N) is 2. The molecule has 5 nitrogen and oxygen atoms in total. The average molecular weight is 269 g/mol. The number of rotatable bonds is 1. The summed E-state index contributed by atoms with van der Waals surface area (Å²) in [5, 5.41) is 4.55. The fourth-order valence-electron chi connectivity index (χ4n) is 2.55. The molecular formula is C15H15N3O2. The Balaban J connectivity index is 2.18. The fourth-order valence-corrected chi connectivity index (χ4v) is 2.55. The van der Waals surface area contributed by atoms with E-state index >= 15 is 0 Å². The third-order valence-corrected chi connectivity index (χ3v) is 3.65. The highest BCUT2D eigenvalue weighted by atomic mass is 16.2. The first-order valence-corrected chi connectivity index (χ1v) is 6.56. The molecule has 2 atom stereocenters. The standard InChI is InChI=1S/C15H15N3O2/c1-9-15(20)18(10(2)14(19)17-9)13-5-3-4-11-6-7-16-8-12(11)13/h3-10H,1-2H3,(H,17,19). The number of fused-ring (bicyclic) bond motifs is 1. The maximum Gasteiger partial charge on any atom is 0.250 e. The molecule has 20 heavy (non-hydrogen) atoms. The molecule has 0 spiro atoms. The lowest BCUT2D eigenvalue weighted by Gasteiger charge is -2.36. The molecule has 1 aliphatic rings. The van der Waals surface area contributed by atoms with E-state index in [1.807, 2.05) is 24.3 Å². The summed E-state index contributed by atoms with van der Waals surface area (Å²) in [4.78, 5) is 30.0. The van der Waals surface area contributed by atoms with E-state index in [4.69, 9.17) is 0 Å². The van der Waals surface area contributed by atoms with Gasteiger partial charge in [0.15, 0.2) is 0 Å². The Labute approximate surface area is 116 Å². The van der Waals surface area contributed by atoms with Crippen molar-refractivity contribution in [1.29, 1.82) is 0 Å². The third-order valence-electron chi connectivity index (χ3n) is 3.65. The van der Waals surface area contributed by atoms with Crippen molar-refractivity contribution in [2.24, 2.45) is 0 Å². The van der Waals surface area contributed by atoms with Gasteiger partial charge in [-0.1, -0.05) is 12.1 Å². The van der Waals surface area contributed by atoms with Gasteiger partial charge < -0.3 is 5.32 Å². The van der Waals surface area contributed by atoms with Crippen LogP contribution in [-0.2, 0) is 9.59 Å². The second-order valence-corrected chi connectivity index (χ2v) is 4.99. The van der Waals surface area contributed by atoms with Gasteiger partial charge in [0.1, 0.15) is 12.1 Å². The monoisotopic (exact) mass is 269 g/mol. The molecule has 1 aromatic heterocycles. The van der Waals surface area contributed by atoms with Crippen molar-refractivity contribution in [2.75, 3.05) is 4.90 Å². The van der Waals surface area contributed by atoms with Crippen molar-refractivity contribution in [3.05, 3.63) is 36.7 Å². The lowest BCUT2D eigenvalue weighted by atomic mass is 10.0. The minimum atomic E-state index is -0.524. The number of pyridine rings is 1. The Kier molecular flexibility index (Phi) is 2.89. The fraction of sp³-hybridized carbons (Fsp3) is 0.267. The summed E-state index contributed by atoms with van der Waals surface area (Å²) in [6.45, 7) is 3.43. The van der Waals surface area contributed by atoms with Gasteiger partial charge in [-0.05, 0) is 31.4 Å². The van der Waals surface area contributed by atoms with E-state index in [1.54, 1.807) is 31.1 Å². The van der Waals surface area contributed by atoms with Crippen molar-refractivity contribution in [3.8, 4) is 0 Å². The lowest BCUT2D eigenvalue weighted by Crippen LogP contribution is -2.61. The summed E-state index contributed by atoms with van der Waals surface area (Å²) in [5.41, 5.74) is 0.731. The molecule has 2 amide bonds. The van der Waals surface area contributed by atoms with E-state index in [-0.39, 0.29) is 11.8 Å². The minimum Gasteiger partial charge on any atom is -0.343 e. The molecule has 1 fully saturated rings. The van der Waals surface area contributed by atoms with Gasteiger partial charge in [0.05, 0.1) is 5.69 Å². The number of hydrogen-bond acceptors (Lipinski definition) is 3. The Morgan fingerprint density at radius 2 is 2.00 bits per heavy atom. The SMILES string of the molecule is CC1NC(=O)C(C)N(c2cccc3ccncc23)C1=O. The van der Waals surface area contributed by atoms with Crippen molar-refractivity contribution in [3.63, 3.8) is 0 Å². The zero-order chi connectivity index (χ0) is 14.3. The highest BCUT2D eigenvalue weighted by Crippen LogP contribution is 2.29. The number of aromatic nitrogens is 1. The lowest BCUT2D eigenvalue weighted by molar-refractivity contribution is -0.133. The molecular weight excluding hydrogens is 254 g/mol. The zero-order valence-corrected chi connectivity index (χ0v) is 11.3. The van der Waals surface area contributed by atoms with Gasteiger partial charge in [-0.3, -0.25) is 19.5 Å². The van der Waals surface area contributed by atoms with Crippen molar-refractivity contribution in [1.82, 2.24) is 10.3 Å². The molecule has 1 saturated heterocycles. The van der Waals surface area contributed by atoms with E-state index in [1.165, 1.54) is 0 Å². The molecule has 5 heteroatoms. The predicted molar refractivity (Wildman–Crippen MR) is 76.3 cm³/mol. The summed E-state index contributed by atoms with van der Waals surface area (Å²) >= 11 is 0. The van der Waals surface area contributed by atoms with Crippen LogP contribution in [0.2, 0.25) is 0 Å². The molecule has 0 saturated carbocycles. The van der Waals surface area contributed by atoms with Crippen LogP contribution in [0.4, 0.5) is 5.69 Å². The number of benzene rings is 1. The maximum atomic E-state index is 12.4. The molecule has 102 valence electrons. The second-order valence-electron chi connectivity index (χ2n) is 4.99. The predicted octanol–water partition coefficient (Wildman–Crippen LogP) is 1.47. The van der Waals surface area contributed by atoms with Crippen LogP contribution in [-0.4, -0.2) is 28.9 Å². The Morgan fingerprint density at radius 1 is 1.20 bits per heavy atom. The summed E-state index contributed by atoms with van der Waals surface area (Å²) in [7, 11) is 0. The van der Waals surface area contributed by atoms with Crippen LogP contribution in [0.1, 0.15) is 13.8 Å². The number of amides is 2. The highest BCUT2D eigenvalue weighted by molar-refractivity contribution is 6.12. The van der Waals surface area contributed by atoms with Gasteiger partial charge >= 0.3 is 0 Å². The summed E-state index contributed by atoms with van der Waals surface area (Å²) in [5.74, 6) is -0.244. The van der Waals surface area contributed by atoms with Crippen LogP contribution in [0.25, 0.3) is 10.8 Å². The van der Waals surface area contributed by atoms with Gasteiger partial charge in [-0.15, -0.1) is 0 Å². The molecule has 1 aromatic carbocycles. The quantitative estimate of drug-likeness (QED) is 0.853. The third kappa shape index (κ3) is 1.82. The van der Waals surface area contributed by atoms with Crippen LogP contribution in [0.3, 0.4) is 0 Å². The number of hydrogen-bond donors (Lipinski definition) is 1. The van der Waals surface area contributed by atoms with Crippen molar-refractivity contribution >= 4 is 28.3 Å². The van der Waals surface area contributed by atoms with E-state index < -0.39 is 12.1 Å². The summed E-state index contributed by atoms with van der Waals surface area (Å²) < 4.78 is 0. The Hall–Kier alpha value is -2.43. The molecule has 0 bridgehead atoms. The van der Waals surface area contributed by atoms with E-state index in [2.05, 4.69) is 10.3 Å². The largest absolute Gasteiger partial charge is 0.343 e. The average Bonchev–Trinajstić information content (AvgIpc) is 2.46. The number of carbonyl (C=O) groups excluding carboxylic acids is 2. The van der Waals surface area contributed by atoms with Crippen LogP contribution in [0.5, 0.6) is 0 Å². The Bertz CT molecular complexity index is 693. The van der Waals surface area contributed by atoms with Gasteiger partial charge in [0.25, 0.3) is 0 Å². The number of anilines is 1. The molecule has 2 aromatic rings. The van der Waals surface area contributed by atoms with E-state index in [9.17, 15) is 9.59 Å². The van der Waals surface area contributed by atoms with E-state index in [0.29, 0.717) is 0 Å².